The molecular weight excluding hydrogens is 196 g/mol. The van der Waals surface area contributed by atoms with E-state index in [4.69, 9.17) is 5.26 Å². The molecule has 74 valence electrons. The molecule has 1 aromatic rings. The highest BCUT2D eigenvalue weighted by molar-refractivity contribution is 8.00. The van der Waals surface area contributed by atoms with Crippen LogP contribution >= 0.6 is 0 Å². The molecule has 0 aliphatic heterocycles. The molecule has 1 rings (SSSR count). The van der Waals surface area contributed by atoms with E-state index in [1.807, 2.05) is 25.1 Å². The van der Waals surface area contributed by atoms with Crippen LogP contribution in [0.5, 0.6) is 0 Å². The van der Waals surface area contributed by atoms with E-state index in [-0.39, 0.29) is 0 Å². The summed E-state index contributed by atoms with van der Waals surface area (Å²) in [4.78, 5) is 4.10. The van der Waals surface area contributed by atoms with E-state index in [1.165, 1.54) is 5.37 Å². The molecule has 0 aliphatic carbocycles. The number of nitriles is 1. The number of aromatic nitrogens is 1. The summed E-state index contributed by atoms with van der Waals surface area (Å²) in [6.07, 6.45) is 3.28. The van der Waals surface area contributed by atoms with Gasteiger partial charge in [0.25, 0.3) is 0 Å². The van der Waals surface area contributed by atoms with Crippen molar-refractivity contribution in [1.29, 1.82) is 5.26 Å². The second kappa shape index (κ2) is 4.25. The third kappa shape index (κ3) is 3.19. The lowest BCUT2D eigenvalue weighted by molar-refractivity contribution is 0.684. The molecule has 0 amide bonds. The second-order valence-electron chi connectivity index (χ2n) is 3.27. The van der Waals surface area contributed by atoms with Crippen LogP contribution in [-0.2, 0) is 15.3 Å². The Balaban J connectivity index is 2.91. The van der Waals surface area contributed by atoms with Crippen LogP contribution in [0, 0.1) is 18.3 Å². The fourth-order valence-electron chi connectivity index (χ4n) is 1.07. The smallest absolute Gasteiger partial charge is 0.0998 e. The van der Waals surface area contributed by atoms with Gasteiger partial charge in [-0.15, -0.1) is 0 Å². The van der Waals surface area contributed by atoms with Crippen molar-refractivity contribution < 1.29 is 4.21 Å². The molecule has 0 aromatic carbocycles. The van der Waals surface area contributed by atoms with Gasteiger partial charge in [-0.1, -0.05) is 6.07 Å². The number of pyridine rings is 1. The molecule has 1 atom stereocenters. The molecule has 0 saturated heterocycles. The molecule has 1 aromatic heterocycles. The maximum absolute atomic E-state index is 11.7. The van der Waals surface area contributed by atoms with Gasteiger partial charge in [0.2, 0.25) is 0 Å². The van der Waals surface area contributed by atoms with Gasteiger partial charge in [-0.3, -0.25) is 9.19 Å². The van der Waals surface area contributed by atoms with E-state index in [0.29, 0.717) is 5.75 Å². The third-order valence-electron chi connectivity index (χ3n) is 1.73. The van der Waals surface area contributed by atoms with Crippen LogP contribution in [0.25, 0.3) is 0 Å². The summed E-state index contributed by atoms with van der Waals surface area (Å²) in [6.45, 7) is 1.90. The lowest BCUT2D eigenvalue weighted by atomic mass is 10.3. The predicted octanol–water partition coefficient (Wildman–Crippen LogP) is 1.13. The Bertz CT molecular complexity index is 462. The fourth-order valence-corrected chi connectivity index (χ4v) is 2.21. The zero-order valence-corrected chi connectivity index (χ0v) is 9.04. The molecule has 3 nitrogen and oxygen atoms in total. The quantitative estimate of drug-likeness (QED) is 0.685. The molecule has 14 heavy (non-hydrogen) atoms. The summed E-state index contributed by atoms with van der Waals surface area (Å²) in [7, 11) is -2.17. The van der Waals surface area contributed by atoms with E-state index < -0.39 is 9.52 Å². The van der Waals surface area contributed by atoms with Crippen molar-refractivity contribution in [1.82, 2.24) is 4.98 Å². The van der Waals surface area contributed by atoms with Crippen molar-refractivity contribution in [2.75, 3.05) is 6.26 Å². The minimum absolute atomic E-state index is 0.383. The summed E-state index contributed by atoms with van der Waals surface area (Å²) in [5.74, 6) is 0.383. The Morgan fingerprint density at radius 1 is 1.64 bits per heavy atom. The molecule has 0 radical (unpaired) electrons. The average Bonchev–Trinajstić information content (AvgIpc) is 2.08. The molecule has 1 heterocycles. The van der Waals surface area contributed by atoms with Crippen molar-refractivity contribution in [3.63, 3.8) is 0 Å². The largest absolute Gasteiger partial charge is 0.267 e. The summed E-state index contributed by atoms with van der Waals surface area (Å²) in [5, 5.41) is 9.62. The summed E-state index contributed by atoms with van der Waals surface area (Å²) in [6, 6.07) is 5.58. The zero-order valence-electron chi connectivity index (χ0n) is 8.23. The van der Waals surface area contributed by atoms with Crippen LogP contribution in [0.1, 0.15) is 11.3 Å². The minimum Gasteiger partial charge on any atom is -0.267 e. The first-order valence-electron chi connectivity index (χ1n) is 4.15. The van der Waals surface area contributed by atoms with Gasteiger partial charge < -0.3 is 0 Å². The van der Waals surface area contributed by atoms with Crippen molar-refractivity contribution in [2.45, 2.75) is 12.7 Å². The Morgan fingerprint density at radius 2 is 2.36 bits per heavy atom. The fraction of sp³-hybridized carbons (Fsp3) is 0.300. The predicted molar refractivity (Wildman–Crippen MR) is 58.4 cm³/mol. The van der Waals surface area contributed by atoms with Crippen LogP contribution in [0.4, 0.5) is 0 Å². The molecular formula is C10H12N2OS. The highest BCUT2D eigenvalue weighted by atomic mass is 32.2. The van der Waals surface area contributed by atoms with E-state index >= 15 is 0 Å². The first kappa shape index (κ1) is 10.7. The third-order valence-corrected chi connectivity index (χ3v) is 3.24. The van der Waals surface area contributed by atoms with Crippen molar-refractivity contribution >= 4 is 14.9 Å². The summed E-state index contributed by atoms with van der Waals surface area (Å²) in [5.41, 5.74) is 1.83. The van der Waals surface area contributed by atoms with Gasteiger partial charge in [-0.2, -0.15) is 5.26 Å². The monoisotopic (exact) mass is 208 g/mol. The zero-order chi connectivity index (χ0) is 10.6. The second-order valence-corrected chi connectivity index (χ2v) is 5.94. The number of nitrogens with zero attached hydrogens (tertiary/aromatic N) is 2. The summed E-state index contributed by atoms with van der Waals surface area (Å²) >= 11 is 0. The lowest BCUT2D eigenvalue weighted by Crippen LogP contribution is -2.04. The van der Waals surface area contributed by atoms with Crippen LogP contribution in [0.15, 0.2) is 18.3 Å². The highest BCUT2D eigenvalue weighted by Crippen LogP contribution is 2.04. The average molecular weight is 208 g/mol. The van der Waals surface area contributed by atoms with E-state index in [9.17, 15) is 4.21 Å². The number of aryl methyl sites for hydroxylation is 1. The van der Waals surface area contributed by atoms with Gasteiger partial charge in [0, 0.05) is 23.9 Å². The van der Waals surface area contributed by atoms with E-state index in [2.05, 4.69) is 4.98 Å². The van der Waals surface area contributed by atoms with Crippen LogP contribution < -0.4 is 0 Å². The highest BCUT2D eigenvalue weighted by Gasteiger charge is 2.01. The maximum atomic E-state index is 11.7. The molecule has 1 unspecified atom stereocenters. The Hall–Kier alpha value is -1.34. The molecule has 0 aliphatic rings. The van der Waals surface area contributed by atoms with Crippen molar-refractivity contribution in [2.24, 2.45) is 0 Å². The number of rotatable bonds is 2. The number of hydrogen-bond acceptors (Lipinski definition) is 3. The normalized spacial score (nSPS) is 14.1. The molecule has 0 fully saturated rings. The van der Waals surface area contributed by atoms with Crippen molar-refractivity contribution in [3.05, 3.63) is 29.6 Å². The van der Waals surface area contributed by atoms with Gasteiger partial charge in [-0.05, 0) is 28.1 Å². The Labute approximate surface area is 84.4 Å². The van der Waals surface area contributed by atoms with Gasteiger partial charge in [0.1, 0.15) is 0 Å². The first-order valence-corrected chi connectivity index (χ1v) is 6.34. The van der Waals surface area contributed by atoms with Gasteiger partial charge in [0.15, 0.2) is 0 Å². The maximum Gasteiger partial charge on any atom is 0.0998 e. The molecule has 4 heteroatoms. The molecule has 0 spiro atoms. The topological polar surface area (TPSA) is 53.8 Å². The van der Waals surface area contributed by atoms with Crippen LogP contribution in [0.3, 0.4) is 0 Å². The van der Waals surface area contributed by atoms with E-state index in [0.717, 1.165) is 11.3 Å². The van der Waals surface area contributed by atoms with Crippen LogP contribution in [0.2, 0.25) is 0 Å². The van der Waals surface area contributed by atoms with Gasteiger partial charge in [-0.25, -0.2) is 0 Å². The minimum atomic E-state index is -2.17. The molecule has 0 bridgehead atoms. The Kier molecular flexibility index (Phi) is 3.26. The SMILES string of the molecule is Cc1ccc(CS(C)(=O)=CC#N)cn1. The molecule has 0 N–H and O–H groups in total. The number of hydrogen-bond donors (Lipinski definition) is 0. The van der Waals surface area contributed by atoms with Gasteiger partial charge in [0.05, 0.1) is 11.4 Å². The van der Waals surface area contributed by atoms with Gasteiger partial charge >= 0.3 is 0 Å². The molecule has 0 saturated carbocycles. The first-order chi connectivity index (χ1) is 6.53. The summed E-state index contributed by atoms with van der Waals surface area (Å²) < 4.78 is 11.7. The van der Waals surface area contributed by atoms with Crippen LogP contribution in [-0.4, -0.2) is 20.8 Å². The standard InChI is InChI=1S/C10H12N2OS/c1-9-3-4-10(7-12-9)8-14(2,13)6-5-11/h3-4,6-7H,8H2,1-2H3. The lowest BCUT2D eigenvalue weighted by Gasteiger charge is -2.02. The Morgan fingerprint density at radius 3 is 2.86 bits per heavy atom. The van der Waals surface area contributed by atoms with Crippen molar-refractivity contribution in [3.8, 4) is 6.07 Å². The van der Waals surface area contributed by atoms with E-state index in [1.54, 1.807) is 12.5 Å².